The number of carbonyl (C=O) groups is 2. The number of anilines is 2. The molecule has 4 heteroatoms. The van der Waals surface area contributed by atoms with E-state index in [4.69, 9.17) is 0 Å². The van der Waals surface area contributed by atoms with Crippen LogP contribution in [0.3, 0.4) is 0 Å². The molecule has 0 bridgehead atoms. The lowest BCUT2D eigenvalue weighted by molar-refractivity contribution is -0.116. The molecule has 0 unspecified atom stereocenters. The third kappa shape index (κ3) is 4.59. The Bertz CT molecular complexity index is 334. The Labute approximate surface area is 95.0 Å². The van der Waals surface area contributed by atoms with E-state index in [-0.39, 0.29) is 11.6 Å². The summed E-state index contributed by atoms with van der Waals surface area (Å²) in [6, 6.07) is 7.47. The molecule has 0 aliphatic heterocycles. The maximum atomic E-state index is 10.7. The monoisotopic (exact) mass is 220 g/mol. The van der Waals surface area contributed by atoms with E-state index in [9.17, 15) is 9.59 Å². The third-order valence-electron chi connectivity index (χ3n) is 1.97. The summed E-state index contributed by atoms with van der Waals surface area (Å²) in [5.41, 5.74) is 1.78. The second-order valence-corrected chi connectivity index (χ2v) is 3.69. The van der Waals surface area contributed by atoms with Crippen molar-refractivity contribution in [1.29, 1.82) is 0 Å². The van der Waals surface area contributed by atoms with Crippen LogP contribution in [0.15, 0.2) is 24.3 Å². The average molecular weight is 220 g/mol. The fourth-order valence-electron chi connectivity index (χ4n) is 1.16. The molecule has 4 nitrogen and oxygen atoms in total. The van der Waals surface area contributed by atoms with Crippen LogP contribution < -0.4 is 10.6 Å². The van der Waals surface area contributed by atoms with Crippen LogP contribution in [0.4, 0.5) is 11.4 Å². The topological polar surface area (TPSA) is 58.2 Å². The molecule has 0 aliphatic carbocycles. The highest BCUT2D eigenvalue weighted by Gasteiger charge is 1.96. The van der Waals surface area contributed by atoms with Gasteiger partial charge in [-0.25, -0.2) is 0 Å². The first-order chi connectivity index (χ1) is 7.58. The standard InChI is InChI=1S/C12H16N2O2/c1-9(15)7-13-11-3-5-12(6-4-11)14-8-10(2)16/h3-6,13-14H,7-8H2,1-2H3. The molecule has 16 heavy (non-hydrogen) atoms. The number of ketones is 2. The number of nitrogens with one attached hydrogen (secondary N) is 2. The summed E-state index contributed by atoms with van der Waals surface area (Å²) in [6.45, 7) is 3.74. The molecule has 0 atom stereocenters. The van der Waals surface area contributed by atoms with Crippen molar-refractivity contribution in [2.75, 3.05) is 23.7 Å². The molecule has 0 heterocycles. The lowest BCUT2D eigenvalue weighted by atomic mass is 10.2. The summed E-state index contributed by atoms with van der Waals surface area (Å²) in [6.07, 6.45) is 0. The Kier molecular flexibility index (Phi) is 4.51. The van der Waals surface area contributed by atoms with Crippen LogP contribution in [-0.2, 0) is 9.59 Å². The van der Waals surface area contributed by atoms with Gasteiger partial charge in [0.2, 0.25) is 0 Å². The van der Waals surface area contributed by atoms with Gasteiger partial charge in [-0.15, -0.1) is 0 Å². The molecule has 0 radical (unpaired) electrons. The second-order valence-electron chi connectivity index (χ2n) is 3.69. The fraction of sp³-hybridized carbons (Fsp3) is 0.333. The second kappa shape index (κ2) is 5.90. The molecule has 86 valence electrons. The van der Waals surface area contributed by atoms with E-state index < -0.39 is 0 Å². The van der Waals surface area contributed by atoms with E-state index in [0.29, 0.717) is 13.1 Å². The number of rotatable bonds is 6. The highest BCUT2D eigenvalue weighted by Crippen LogP contribution is 2.12. The summed E-state index contributed by atoms with van der Waals surface area (Å²) in [4.78, 5) is 21.5. The molecular formula is C12H16N2O2. The zero-order valence-electron chi connectivity index (χ0n) is 9.54. The summed E-state index contributed by atoms with van der Waals surface area (Å²) in [7, 11) is 0. The summed E-state index contributed by atoms with van der Waals surface area (Å²) in [5.74, 6) is 0.192. The van der Waals surface area contributed by atoms with Crippen molar-refractivity contribution >= 4 is 22.9 Å². The van der Waals surface area contributed by atoms with Crippen LogP contribution in [0.1, 0.15) is 13.8 Å². The number of Topliss-reactive ketones (excluding diaryl/α,β-unsaturated/α-hetero) is 2. The van der Waals surface area contributed by atoms with E-state index in [1.807, 2.05) is 24.3 Å². The van der Waals surface area contributed by atoms with Gasteiger partial charge in [-0.1, -0.05) is 0 Å². The van der Waals surface area contributed by atoms with Crippen LogP contribution in [0, 0.1) is 0 Å². The van der Waals surface area contributed by atoms with E-state index in [1.165, 1.54) is 13.8 Å². The summed E-state index contributed by atoms with van der Waals surface area (Å²) < 4.78 is 0. The van der Waals surface area contributed by atoms with E-state index >= 15 is 0 Å². The molecule has 1 aromatic rings. The molecule has 0 aromatic heterocycles. The number of carbonyl (C=O) groups excluding carboxylic acids is 2. The Balaban J connectivity index is 2.47. The number of benzene rings is 1. The SMILES string of the molecule is CC(=O)CNc1ccc(NCC(C)=O)cc1. The van der Waals surface area contributed by atoms with Gasteiger partial charge < -0.3 is 10.6 Å². The molecule has 0 aliphatic rings. The van der Waals surface area contributed by atoms with Crippen molar-refractivity contribution in [3.8, 4) is 0 Å². The fourth-order valence-corrected chi connectivity index (χ4v) is 1.16. The predicted octanol–water partition coefficient (Wildman–Crippen LogP) is 1.69. The van der Waals surface area contributed by atoms with Gasteiger partial charge in [-0.05, 0) is 38.1 Å². The van der Waals surface area contributed by atoms with E-state index in [1.54, 1.807) is 0 Å². The maximum Gasteiger partial charge on any atom is 0.148 e. The lowest BCUT2D eigenvalue weighted by Gasteiger charge is -2.07. The molecule has 0 amide bonds. The number of hydrogen-bond acceptors (Lipinski definition) is 4. The number of hydrogen-bond donors (Lipinski definition) is 2. The summed E-state index contributed by atoms with van der Waals surface area (Å²) in [5, 5.41) is 5.98. The van der Waals surface area contributed by atoms with Crippen molar-refractivity contribution in [2.45, 2.75) is 13.8 Å². The van der Waals surface area contributed by atoms with Crippen molar-refractivity contribution < 1.29 is 9.59 Å². The molecule has 0 saturated carbocycles. The minimum absolute atomic E-state index is 0.0961. The quantitative estimate of drug-likeness (QED) is 0.766. The average Bonchev–Trinajstić information content (AvgIpc) is 2.25. The minimum atomic E-state index is 0.0961. The Morgan fingerprint density at radius 1 is 0.875 bits per heavy atom. The molecule has 0 fully saturated rings. The van der Waals surface area contributed by atoms with Crippen LogP contribution >= 0.6 is 0 Å². The van der Waals surface area contributed by atoms with Crippen molar-refractivity contribution in [3.63, 3.8) is 0 Å². The normalized spacial score (nSPS) is 9.62. The third-order valence-corrected chi connectivity index (χ3v) is 1.97. The lowest BCUT2D eigenvalue weighted by Crippen LogP contribution is -2.11. The van der Waals surface area contributed by atoms with Crippen molar-refractivity contribution in [3.05, 3.63) is 24.3 Å². The molecule has 2 N–H and O–H groups in total. The van der Waals surface area contributed by atoms with Gasteiger partial charge >= 0.3 is 0 Å². The van der Waals surface area contributed by atoms with Gasteiger partial charge in [0, 0.05) is 11.4 Å². The van der Waals surface area contributed by atoms with Gasteiger partial charge in [-0.2, -0.15) is 0 Å². The van der Waals surface area contributed by atoms with Gasteiger partial charge in [0.05, 0.1) is 13.1 Å². The Morgan fingerprint density at radius 2 is 1.19 bits per heavy atom. The van der Waals surface area contributed by atoms with Crippen LogP contribution in [-0.4, -0.2) is 24.7 Å². The molecule has 0 spiro atoms. The minimum Gasteiger partial charge on any atom is -0.378 e. The maximum absolute atomic E-state index is 10.7. The Hall–Kier alpha value is -1.84. The van der Waals surface area contributed by atoms with Gasteiger partial charge in [0.1, 0.15) is 11.6 Å². The van der Waals surface area contributed by atoms with Gasteiger partial charge in [0.25, 0.3) is 0 Å². The van der Waals surface area contributed by atoms with Crippen LogP contribution in [0.5, 0.6) is 0 Å². The van der Waals surface area contributed by atoms with Crippen molar-refractivity contribution in [2.24, 2.45) is 0 Å². The largest absolute Gasteiger partial charge is 0.378 e. The highest BCUT2D eigenvalue weighted by atomic mass is 16.1. The zero-order chi connectivity index (χ0) is 12.0. The molecule has 1 aromatic carbocycles. The van der Waals surface area contributed by atoms with Crippen molar-refractivity contribution in [1.82, 2.24) is 0 Å². The first-order valence-corrected chi connectivity index (χ1v) is 5.14. The smallest absolute Gasteiger partial charge is 0.148 e. The molecular weight excluding hydrogens is 204 g/mol. The summed E-state index contributed by atoms with van der Waals surface area (Å²) >= 11 is 0. The van der Waals surface area contributed by atoms with Crippen LogP contribution in [0.25, 0.3) is 0 Å². The highest BCUT2D eigenvalue weighted by molar-refractivity contribution is 5.81. The first kappa shape index (κ1) is 12.2. The van der Waals surface area contributed by atoms with Crippen LogP contribution in [0.2, 0.25) is 0 Å². The first-order valence-electron chi connectivity index (χ1n) is 5.14. The molecule has 1 rings (SSSR count). The Morgan fingerprint density at radius 3 is 1.44 bits per heavy atom. The van der Waals surface area contributed by atoms with E-state index in [0.717, 1.165) is 11.4 Å². The molecule has 0 saturated heterocycles. The van der Waals surface area contributed by atoms with E-state index in [2.05, 4.69) is 10.6 Å². The van der Waals surface area contributed by atoms with Gasteiger partial charge in [0.15, 0.2) is 0 Å². The predicted molar refractivity (Wildman–Crippen MR) is 64.8 cm³/mol. The zero-order valence-corrected chi connectivity index (χ0v) is 9.54. The van der Waals surface area contributed by atoms with Gasteiger partial charge in [-0.3, -0.25) is 9.59 Å².